The molecule has 0 atom stereocenters. The first-order valence-corrected chi connectivity index (χ1v) is 8.85. The van der Waals surface area contributed by atoms with Crippen LogP contribution in [-0.2, 0) is 19.3 Å². The van der Waals surface area contributed by atoms with Gasteiger partial charge in [-0.1, -0.05) is 45.4 Å². The summed E-state index contributed by atoms with van der Waals surface area (Å²) < 4.78 is 0. The molecule has 4 N–H and O–H groups in total. The van der Waals surface area contributed by atoms with Gasteiger partial charge in [-0.25, -0.2) is 14.5 Å². The smallest absolute Gasteiger partial charge is 0.303 e. The molecule has 0 bridgehead atoms. The van der Waals surface area contributed by atoms with E-state index in [2.05, 4.69) is 6.92 Å². The van der Waals surface area contributed by atoms with Crippen LogP contribution < -0.4 is 0 Å². The Morgan fingerprint density at radius 2 is 1.16 bits per heavy atom. The van der Waals surface area contributed by atoms with E-state index in [1.807, 2.05) is 0 Å². The third-order valence-electron chi connectivity index (χ3n) is 2.86. The van der Waals surface area contributed by atoms with Gasteiger partial charge in [0.05, 0.1) is 45.0 Å². The van der Waals surface area contributed by atoms with Crippen molar-refractivity contribution in [2.24, 2.45) is 0 Å². The molecule has 0 saturated heterocycles. The molecule has 0 unspecified atom stereocenters. The van der Waals surface area contributed by atoms with Crippen LogP contribution in [0.2, 0.25) is 0 Å². The van der Waals surface area contributed by atoms with Crippen molar-refractivity contribution in [3.8, 4) is 0 Å². The first-order valence-electron chi connectivity index (χ1n) is 8.85. The van der Waals surface area contributed by atoms with Crippen LogP contribution in [0.1, 0.15) is 58.3 Å². The van der Waals surface area contributed by atoms with Crippen LogP contribution in [-0.4, -0.2) is 71.4 Å². The molecule has 25 heavy (non-hydrogen) atoms. The second-order valence-electron chi connectivity index (χ2n) is 5.16. The summed E-state index contributed by atoms with van der Waals surface area (Å²) in [5.41, 5.74) is 0. The molecule has 0 radical (unpaired) electrons. The number of nitrogens with zero attached hydrogens (tertiary/aromatic N) is 1. The summed E-state index contributed by atoms with van der Waals surface area (Å²) in [6.07, 6.45) is 8.64. The van der Waals surface area contributed by atoms with Gasteiger partial charge in [0.1, 0.15) is 0 Å². The molecule has 0 aliphatic rings. The average Bonchev–Trinajstić information content (AvgIpc) is 2.60. The summed E-state index contributed by atoms with van der Waals surface area (Å²) in [6.45, 7) is 1.69. The molecule has 0 aromatic heterocycles. The fourth-order valence-electron chi connectivity index (χ4n) is 1.69. The molecular formula is C16H35NO8. The van der Waals surface area contributed by atoms with E-state index in [9.17, 15) is 4.79 Å². The van der Waals surface area contributed by atoms with Crippen molar-refractivity contribution >= 4 is 5.97 Å². The zero-order valence-electron chi connectivity index (χ0n) is 15.3. The normalized spacial score (nSPS) is 10.6. The first-order chi connectivity index (χ1) is 12.1. The number of unbranched alkanes of at least 4 members (excludes halogenated alkanes) is 6. The predicted molar refractivity (Wildman–Crippen MR) is 91.2 cm³/mol. The Morgan fingerprint density at radius 1 is 0.760 bits per heavy atom. The van der Waals surface area contributed by atoms with Crippen LogP contribution >= 0.6 is 0 Å². The summed E-state index contributed by atoms with van der Waals surface area (Å²) in [5, 5.41) is 34.2. The monoisotopic (exact) mass is 369 g/mol. The van der Waals surface area contributed by atoms with E-state index in [4.69, 9.17) is 34.9 Å². The maximum Gasteiger partial charge on any atom is 0.303 e. The Hall–Kier alpha value is -0.810. The SMILES string of the molecule is CCCCCCCCCC(=O)O.OCCON(OCCO)OCCO. The standard InChI is InChI=1S/C10H20O2.C6H15NO6/c1-2-3-4-5-6-7-8-9-10(11)12;8-1-4-11-7(12-5-2-9)13-6-3-10/h2-9H2,1H3,(H,11,12);8-10H,1-6H2. The minimum atomic E-state index is -0.663. The predicted octanol–water partition coefficient (Wildman–Crippen LogP) is 1.27. The lowest BCUT2D eigenvalue weighted by atomic mass is 10.1. The molecule has 9 heteroatoms. The number of hydrogen-bond donors (Lipinski definition) is 4. The lowest BCUT2D eigenvalue weighted by Gasteiger charge is -2.17. The fourth-order valence-corrected chi connectivity index (χ4v) is 1.69. The first kappa shape index (κ1) is 26.4. The lowest BCUT2D eigenvalue weighted by Crippen LogP contribution is -2.28. The third-order valence-corrected chi connectivity index (χ3v) is 2.86. The Morgan fingerprint density at radius 3 is 1.52 bits per heavy atom. The summed E-state index contributed by atoms with van der Waals surface area (Å²) in [4.78, 5) is 24.3. The van der Waals surface area contributed by atoms with Crippen molar-refractivity contribution in [2.75, 3.05) is 39.6 Å². The quantitative estimate of drug-likeness (QED) is 0.221. The second-order valence-corrected chi connectivity index (χ2v) is 5.16. The summed E-state index contributed by atoms with van der Waals surface area (Å²) in [6, 6.07) is 0. The highest BCUT2D eigenvalue weighted by molar-refractivity contribution is 5.66. The fraction of sp³-hybridized carbons (Fsp3) is 0.938. The summed E-state index contributed by atoms with van der Waals surface area (Å²) in [5.74, 6) is -0.663. The minimum absolute atomic E-state index is 0.0108. The zero-order valence-corrected chi connectivity index (χ0v) is 15.3. The molecule has 0 aromatic carbocycles. The molecule has 0 aromatic rings. The van der Waals surface area contributed by atoms with Gasteiger partial charge < -0.3 is 20.4 Å². The Kier molecular flexibility index (Phi) is 24.5. The molecule has 0 saturated carbocycles. The Bertz CT molecular complexity index is 249. The van der Waals surface area contributed by atoms with E-state index in [-0.39, 0.29) is 39.6 Å². The van der Waals surface area contributed by atoms with Crippen LogP contribution in [0, 0.1) is 0 Å². The molecule has 152 valence electrons. The molecule has 0 spiro atoms. The van der Waals surface area contributed by atoms with Gasteiger partial charge in [0, 0.05) is 6.42 Å². The summed E-state index contributed by atoms with van der Waals surface area (Å²) >= 11 is 0. The zero-order chi connectivity index (χ0) is 19.2. The van der Waals surface area contributed by atoms with E-state index in [0.717, 1.165) is 12.8 Å². The van der Waals surface area contributed by atoms with Gasteiger partial charge in [0.15, 0.2) is 0 Å². The number of carboxylic acids is 1. The highest BCUT2D eigenvalue weighted by Crippen LogP contribution is 2.07. The molecule has 0 amide bonds. The number of aliphatic hydroxyl groups is 3. The highest BCUT2D eigenvalue weighted by atomic mass is 17.2. The van der Waals surface area contributed by atoms with Crippen molar-refractivity contribution in [2.45, 2.75) is 58.3 Å². The van der Waals surface area contributed by atoms with Crippen molar-refractivity contribution in [3.63, 3.8) is 0 Å². The lowest BCUT2D eigenvalue weighted by molar-refractivity contribution is -0.527. The van der Waals surface area contributed by atoms with Crippen LogP contribution in [0.15, 0.2) is 0 Å². The molecule has 0 aliphatic carbocycles. The molecule has 0 rings (SSSR count). The van der Waals surface area contributed by atoms with E-state index < -0.39 is 5.97 Å². The number of rotatable bonds is 17. The number of aliphatic carboxylic acids is 1. The Labute approximate surface area is 150 Å². The maximum absolute atomic E-state index is 10.1. The largest absolute Gasteiger partial charge is 0.481 e. The molecule has 0 fully saturated rings. The number of carboxylic acid groups (broad SMARTS) is 1. The van der Waals surface area contributed by atoms with Gasteiger partial charge in [0.25, 0.3) is 0 Å². The molecule has 0 heterocycles. The van der Waals surface area contributed by atoms with E-state index in [1.165, 1.54) is 32.1 Å². The van der Waals surface area contributed by atoms with E-state index in [1.54, 1.807) is 0 Å². The molecule has 9 nitrogen and oxygen atoms in total. The van der Waals surface area contributed by atoms with Gasteiger partial charge in [-0.3, -0.25) is 4.79 Å². The van der Waals surface area contributed by atoms with Crippen molar-refractivity contribution in [1.82, 2.24) is 5.39 Å². The molecular weight excluding hydrogens is 334 g/mol. The van der Waals surface area contributed by atoms with E-state index >= 15 is 0 Å². The summed E-state index contributed by atoms with van der Waals surface area (Å²) in [7, 11) is 0. The Balaban J connectivity index is 0. The van der Waals surface area contributed by atoms with Gasteiger partial charge >= 0.3 is 5.97 Å². The third kappa shape index (κ3) is 25.5. The van der Waals surface area contributed by atoms with E-state index in [0.29, 0.717) is 11.8 Å². The van der Waals surface area contributed by atoms with Gasteiger partial charge in [-0.15, -0.1) is 0 Å². The topological polar surface area (TPSA) is 129 Å². The van der Waals surface area contributed by atoms with Crippen LogP contribution in [0.4, 0.5) is 0 Å². The van der Waals surface area contributed by atoms with Gasteiger partial charge in [-0.05, 0) is 6.42 Å². The van der Waals surface area contributed by atoms with Crippen LogP contribution in [0.5, 0.6) is 0 Å². The maximum atomic E-state index is 10.1. The number of aliphatic hydroxyl groups excluding tert-OH is 3. The minimum Gasteiger partial charge on any atom is -0.481 e. The van der Waals surface area contributed by atoms with Gasteiger partial charge in [0.2, 0.25) is 0 Å². The average molecular weight is 369 g/mol. The second kappa shape index (κ2) is 23.2. The number of hydrogen-bond acceptors (Lipinski definition) is 8. The highest BCUT2D eigenvalue weighted by Gasteiger charge is 2.05. The van der Waals surface area contributed by atoms with Gasteiger partial charge in [-0.2, -0.15) is 0 Å². The van der Waals surface area contributed by atoms with Crippen molar-refractivity contribution in [3.05, 3.63) is 0 Å². The molecule has 0 aliphatic heterocycles. The van der Waals surface area contributed by atoms with Crippen molar-refractivity contribution < 1.29 is 39.7 Å². The van der Waals surface area contributed by atoms with Crippen LogP contribution in [0.25, 0.3) is 0 Å². The van der Waals surface area contributed by atoms with Crippen LogP contribution in [0.3, 0.4) is 0 Å². The van der Waals surface area contributed by atoms with Crippen molar-refractivity contribution in [1.29, 1.82) is 0 Å². The number of carbonyl (C=O) groups is 1.